The van der Waals surface area contributed by atoms with Crippen LogP contribution >= 0.6 is 11.6 Å². The van der Waals surface area contributed by atoms with Crippen LogP contribution < -0.4 is 5.32 Å². The number of hydrogen-bond acceptors (Lipinski definition) is 3. The lowest BCUT2D eigenvalue weighted by molar-refractivity contribution is 0.272. The number of hydrogen-bond donors (Lipinski definition) is 1. The fraction of sp³-hybridized carbons (Fsp3) is 0.733. The Morgan fingerprint density at radius 3 is 2.68 bits per heavy atom. The second-order valence-electron chi connectivity index (χ2n) is 5.49. The molecule has 0 radical (unpaired) electrons. The largest absolute Gasteiger partial charge is 0.370 e. The predicted octanol–water partition coefficient (Wildman–Crippen LogP) is 3.80. The van der Waals surface area contributed by atoms with Gasteiger partial charge in [-0.3, -0.25) is 0 Å². The van der Waals surface area contributed by atoms with Gasteiger partial charge in [-0.2, -0.15) is 0 Å². The third kappa shape index (κ3) is 4.07. The number of nitrogens with one attached hydrogen (secondary N) is 1. The summed E-state index contributed by atoms with van der Waals surface area (Å²) in [6, 6.07) is 2.06. The van der Waals surface area contributed by atoms with E-state index in [4.69, 9.17) is 11.6 Å². The summed E-state index contributed by atoms with van der Waals surface area (Å²) in [5.74, 6) is 3.95. The first-order chi connectivity index (χ1) is 9.22. The fourth-order valence-corrected chi connectivity index (χ4v) is 3.30. The van der Waals surface area contributed by atoms with E-state index in [1.165, 1.54) is 25.7 Å². The smallest absolute Gasteiger partial charge is 0.129 e. The Kier molecular flexibility index (Phi) is 5.44. The zero-order valence-electron chi connectivity index (χ0n) is 12.0. The van der Waals surface area contributed by atoms with E-state index in [0.29, 0.717) is 11.8 Å². The number of aromatic nitrogens is 2. The van der Waals surface area contributed by atoms with E-state index >= 15 is 0 Å². The van der Waals surface area contributed by atoms with Crippen molar-refractivity contribution in [3.8, 4) is 0 Å². The van der Waals surface area contributed by atoms with Crippen molar-refractivity contribution in [3.63, 3.8) is 0 Å². The van der Waals surface area contributed by atoms with Crippen molar-refractivity contribution >= 4 is 17.4 Å². The molecule has 0 aliphatic heterocycles. The highest BCUT2D eigenvalue weighted by atomic mass is 35.5. The van der Waals surface area contributed by atoms with E-state index in [1.54, 1.807) is 0 Å². The Balaban J connectivity index is 1.95. The van der Waals surface area contributed by atoms with Crippen molar-refractivity contribution in [1.29, 1.82) is 0 Å². The van der Waals surface area contributed by atoms with Gasteiger partial charge in [0.25, 0.3) is 0 Å². The lowest BCUT2D eigenvalue weighted by Crippen LogP contribution is -2.27. The molecule has 1 aromatic rings. The summed E-state index contributed by atoms with van der Waals surface area (Å²) >= 11 is 6.08. The van der Waals surface area contributed by atoms with Crippen molar-refractivity contribution in [2.45, 2.75) is 46.0 Å². The van der Waals surface area contributed by atoms with Gasteiger partial charge in [-0.25, -0.2) is 9.97 Å². The highest BCUT2D eigenvalue weighted by Gasteiger charge is 2.24. The molecule has 4 heteroatoms. The molecule has 1 N–H and O–H groups in total. The van der Waals surface area contributed by atoms with Gasteiger partial charge in [0.05, 0.1) is 0 Å². The number of alkyl halides is 1. The molecule has 3 nitrogen and oxygen atoms in total. The van der Waals surface area contributed by atoms with Crippen molar-refractivity contribution in [2.24, 2.45) is 11.8 Å². The normalized spacial score (nSPS) is 23.3. The van der Waals surface area contributed by atoms with Crippen LogP contribution in [0.5, 0.6) is 0 Å². The van der Waals surface area contributed by atoms with E-state index in [1.807, 2.05) is 6.92 Å². The average Bonchev–Trinajstić information content (AvgIpc) is 2.44. The van der Waals surface area contributed by atoms with Gasteiger partial charge >= 0.3 is 0 Å². The molecule has 2 atom stereocenters. The molecule has 1 aromatic heterocycles. The van der Waals surface area contributed by atoms with Gasteiger partial charge < -0.3 is 5.32 Å². The molecular weight excluding hydrogens is 258 g/mol. The third-order valence-electron chi connectivity index (χ3n) is 4.06. The Labute approximate surface area is 121 Å². The van der Waals surface area contributed by atoms with E-state index in [2.05, 4.69) is 28.3 Å². The van der Waals surface area contributed by atoms with Crippen LogP contribution in [0.2, 0.25) is 0 Å². The molecule has 106 valence electrons. The van der Waals surface area contributed by atoms with Gasteiger partial charge in [0.2, 0.25) is 0 Å². The number of halogens is 1. The van der Waals surface area contributed by atoms with Crippen molar-refractivity contribution in [3.05, 3.63) is 17.6 Å². The third-order valence-corrected chi connectivity index (χ3v) is 4.46. The number of aryl methyl sites for hydroxylation is 2. The summed E-state index contributed by atoms with van der Waals surface area (Å²) in [7, 11) is 0. The van der Waals surface area contributed by atoms with Crippen LogP contribution in [-0.2, 0) is 6.42 Å². The van der Waals surface area contributed by atoms with Crippen molar-refractivity contribution < 1.29 is 0 Å². The summed E-state index contributed by atoms with van der Waals surface area (Å²) < 4.78 is 0. The fourth-order valence-electron chi connectivity index (χ4n) is 2.89. The molecule has 0 bridgehead atoms. The molecule has 0 aromatic carbocycles. The molecule has 0 amide bonds. The van der Waals surface area contributed by atoms with Crippen LogP contribution in [0.15, 0.2) is 6.07 Å². The number of nitrogens with zero attached hydrogens (tertiary/aromatic N) is 2. The number of rotatable bonds is 5. The van der Waals surface area contributed by atoms with E-state index in [-0.39, 0.29) is 0 Å². The topological polar surface area (TPSA) is 37.8 Å². The molecule has 1 aliphatic rings. The SMILES string of the molecule is CCc1cc(NCC2CCCCC2CCl)nc(C)n1. The molecule has 19 heavy (non-hydrogen) atoms. The van der Waals surface area contributed by atoms with Crippen molar-refractivity contribution in [2.75, 3.05) is 17.7 Å². The Hall–Kier alpha value is -0.830. The van der Waals surface area contributed by atoms with Crippen LogP contribution in [0.3, 0.4) is 0 Å². The van der Waals surface area contributed by atoms with Crippen LogP contribution in [0.4, 0.5) is 5.82 Å². The number of anilines is 1. The minimum Gasteiger partial charge on any atom is -0.370 e. The van der Waals surface area contributed by atoms with E-state index < -0.39 is 0 Å². The second-order valence-corrected chi connectivity index (χ2v) is 5.79. The molecular formula is C15H24ClN3. The molecule has 1 fully saturated rings. The quantitative estimate of drug-likeness (QED) is 0.834. The van der Waals surface area contributed by atoms with Crippen LogP contribution in [0.25, 0.3) is 0 Å². The monoisotopic (exact) mass is 281 g/mol. The van der Waals surface area contributed by atoms with Gasteiger partial charge in [-0.1, -0.05) is 19.8 Å². The van der Waals surface area contributed by atoms with Gasteiger partial charge in [0.1, 0.15) is 11.6 Å². The Morgan fingerprint density at radius 1 is 1.26 bits per heavy atom. The molecule has 2 rings (SSSR count). The summed E-state index contributed by atoms with van der Waals surface area (Å²) in [6.45, 7) is 5.06. The van der Waals surface area contributed by atoms with Crippen LogP contribution in [0, 0.1) is 18.8 Å². The van der Waals surface area contributed by atoms with Crippen LogP contribution in [-0.4, -0.2) is 22.4 Å². The first-order valence-corrected chi connectivity index (χ1v) is 7.90. The summed E-state index contributed by atoms with van der Waals surface area (Å²) in [4.78, 5) is 8.87. The summed E-state index contributed by atoms with van der Waals surface area (Å²) in [5.41, 5.74) is 1.10. The lowest BCUT2D eigenvalue weighted by Gasteiger charge is -2.30. The standard InChI is InChI=1S/C15H24ClN3/c1-3-14-8-15(19-11(2)18-14)17-10-13-7-5-4-6-12(13)9-16/h8,12-13H,3-7,9-10H2,1-2H3,(H,17,18,19). The van der Waals surface area contributed by atoms with Crippen LogP contribution in [0.1, 0.15) is 44.1 Å². The molecule has 0 spiro atoms. The average molecular weight is 282 g/mol. The van der Waals surface area contributed by atoms with Crippen molar-refractivity contribution in [1.82, 2.24) is 9.97 Å². The first kappa shape index (κ1) is 14.6. The molecule has 1 aliphatic carbocycles. The summed E-state index contributed by atoms with van der Waals surface area (Å²) in [5, 5.41) is 3.48. The zero-order valence-corrected chi connectivity index (χ0v) is 12.7. The maximum atomic E-state index is 6.08. The van der Waals surface area contributed by atoms with Gasteiger partial charge in [0.15, 0.2) is 0 Å². The van der Waals surface area contributed by atoms with Gasteiger partial charge in [-0.05, 0) is 38.0 Å². The highest BCUT2D eigenvalue weighted by molar-refractivity contribution is 6.18. The zero-order chi connectivity index (χ0) is 13.7. The van der Waals surface area contributed by atoms with E-state index in [0.717, 1.165) is 36.2 Å². The van der Waals surface area contributed by atoms with Gasteiger partial charge in [-0.15, -0.1) is 11.6 Å². The predicted molar refractivity (Wildman–Crippen MR) is 80.8 cm³/mol. The Morgan fingerprint density at radius 2 is 2.00 bits per heavy atom. The summed E-state index contributed by atoms with van der Waals surface area (Å²) in [6.07, 6.45) is 6.18. The minimum atomic E-state index is 0.663. The van der Waals surface area contributed by atoms with E-state index in [9.17, 15) is 0 Å². The molecule has 1 heterocycles. The molecule has 0 saturated heterocycles. The minimum absolute atomic E-state index is 0.663. The van der Waals surface area contributed by atoms with Gasteiger partial charge in [0, 0.05) is 24.2 Å². The lowest BCUT2D eigenvalue weighted by atomic mass is 9.80. The molecule has 1 saturated carbocycles. The second kappa shape index (κ2) is 7.09. The maximum absolute atomic E-state index is 6.08. The Bertz CT molecular complexity index is 408. The maximum Gasteiger partial charge on any atom is 0.129 e. The molecule has 2 unspecified atom stereocenters. The highest BCUT2D eigenvalue weighted by Crippen LogP contribution is 2.31. The first-order valence-electron chi connectivity index (χ1n) is 7.37.